The van der Waals surface area contributed by atoms with Gasteiger partial charge in [-0.2, -0.15) is 0 Å². The van der Waals surface area contributed by atoms with Crippen molar-refractivity contribution in [2.24, 2.45) is 5.73 Å². The number of hydrogen-bond acceptors (Lipinski definition) is 4. The lowest BCUT2D eigenvalue weighted by Gasteiger charge is -2.19. The van der Waals surface area contributed by atoms with E-state index in [0.29, 0.717) is 27.5 Å². The molecular weight excluding hydrogens is 260 g/mol. The number of anilines is 1. The summed E-state index contributed by atoms with van der Waals surface area (Å²) in [5.74, 6) is 0. The number of hydrogen-bond donors (Lipinski definition) is 2. The van der Waals surface area contributed by atoms with E-state index in [2.05, 4.69) is 0 Å². The number of fused-ring (bicyclic) bond motifs is 3. The third kappa shape index (κ3) is 1.45. The molecule has 1 aromatic rings. The molecule has 2 aliphatic rings. The van der Waals surface area contributed by atoms with Gasteiger partial charge in [-0.25, -0.2) is 8.42 Å². The monoisotopic (exact) mass is 276 g/mol. The van der Waals surface area contributed by atoms with Crippen molar-refractivity contribution in [3.63, 3.8) is 0 Å². The van der Waals surface area contributed by atoms with Crippen molar-refractivity contribution in [2.75, 3.05) is 5.73 Å². The second-order valence-electron chi connectivity index (χ2n) is 5.13. The summed E-state index contributed by atoms with van der Waals surface area (Å²) in [5.41, 5.74) is 15.2. The summed E-state index contributed by atoms with van der Waals surface area (Å²) in [7, 11) is -3.49. The maximum Gasteiger partial charge on any atom is 0.208 e. The van der Waals surface area contributed by atoms with Crippen LogP contribution in [-0.4, -0.2) is 14.5 Å². The minimum absolute atomic E-state index is 0.222. The van der Waals surface area contributed by atoms with Crippen molar-refractivity contribution in [3.05, 3.63) is 39.8 Å². The number of nitrogens with two attached hydrogens (primary N) is 2. The van der Waals surface area contributed by atoms with E-state index in [4.69, 9.17) is 11.5 Å². The van der Waals surface area contributed by atoms with Crippen molar-refractivity contribution in [1.29, 1.82) is 0 Å². The average molecular weight is 276 g/mol. The Balaban J connectivity index is 2.45. The minimum Gasteiger partial charge on any atom is -0.398 e. The molecule has 4 nitrogen and oxygen atoms in total. The minimum atomic E-state index is -3.49. The first kappa shape index (κ1) is 12.4. The van der Waals surface area contributed by atoms with E-state index in [1.807, 2.05) is 6.08 Å². The predicted molar refractivity (Wildman–Crippen MR) is 76.0 cm³/mol. The van der Waals surface area contributed by atoms with Crippen molar-refractivity contribution in [3.8, 4) is 0 Å². The summed E-state index contributed by atoms with van der Waals surface area (Å²) in [5, 5.41) is 0. The molecule has 1 aliphatic heterocycles. The SMILES string of the molecule is CC1=C2C(=CCC1N)c1ccc(N)c(C)c1S2(=O)=O. The molecule has 0 amide bonds. The summed E-state index contributed by atoms with van der Waals surface area (Å²) in [6.07, 6.45) is 2.59. The fourth-order valence-corrected chi connectivity index (χ4v) is 5.10. The van der Waals surface area contributed by atoms with Crippen LogP contribution in [0.4, 0.5) is 5.69 Å². The first-order valence-electron chi connectivity index (χ1n) is 6.17. The summed E-state index contributed by atoms with van der Waals surface area (Å²) in [4.78, 5) is 0.733. The standard InChI is InChI=1S/C14H16N2O2S/c1-7-11(15)5-3-9-10-4-6-12(16)8(2)14(10)19(17,18)13(7)9/h3-5,12H,6,15-16H2,1-2H3. The second-order valence-corrected chi connectivity index (χ2v) is 6.96. The molecule has 0 saturated carbocycles. The van der Waals surface area contributed by atoms with Gasteiger partial charge >= 0.3 is 0 Å². The molecular formula is C14H16N2O2S. The number of benzene rings is 1. The van der Waals surface area contributed by atoms with Crippen LogP contribution in [0, 0.1) is 6.92 Å². The van der Waals surface area contributed by atoms with Gasteiger partial charge in [0.15, 0.2) is 0 Å². The lowest BCUT2D eigenvalue weighted by Crippen LogP contribution is -2.25. The first-order chi connectivity index (χ1) is 8.85. The summed E-state index contributed by atoms with van der Waals surface area (Å²) < 4.78 is 25.5. The molecule has 0 saturated heterocycles. The number of rotatable bonds is 0. The Kier molecular flexibility index (Phi) is 2.43. The molecule has 19 heavy (non-hydrogen) atoms. The lowest BCUT2D eigenvalue weighted by atomic mass is 9.91. The molecule has 100 valence electrons. The Labute approximate surface area is 112 Å². The number of allylic oxidation sites excluding steroid dienone is 1. The molecule has 1 heterocycles. The summed E-state index contributed by atoms with van der Waals surface area (Å²) in [6, 6.07) is 3.33. The van der Waals surface area contributed by atoms with Gasteiger partial charge < -0.3 is 11.5 Å². The van der Waals surface area contributed by atoms with Gasteiger partial charge in [-0.1, -0.05) is 12.1 Å². The Morgan fingerprint density at radius 2 is 1.95 bits per heavy atom. The molecule has 5 heteroatoms. The second kappa shape index (κ2) is 3.71. The van der Waals surface area contributed by atoms with Crippen LogP contribution in [0.25, 0.3) is 5.57 Å². The quantitative estimate of drug-likeness (QED) is 0.707. The highest BCUT2D eigenvalue weighted by molar-refractivity contribution is 7.96. The third-order valence-corrected chi connectivity index (χ3v) is 6.15. The van der Waals surface area contributed by atoms with Crippen molar-refractivity contribution < 1.29 is 8.42 Å². The van der Waals surface area contributed by atoms with Crippen LogP contribution in [0.5, 0.6) is 0 Å². The van der Waals surface area contributed by atoms with Crippen LogP contribution in [0.1, 0.15) is 24.5 Å². The third-order valence-electron chi connectivity index (χ3n) is 4.01. The van der Waals surface area contributed by atoms with Gasteiger partial charge in [0.2, 0.25) is 9.84 Å². The highest BCUT2D eigenvalue weighted by Crippen LogP contribution is 2.49. The largest absolute Gasteiger partial charge is 0.398 e. The van der Waals surface area contributed by atoms with E-state index < -0.39 is 9.84 Å². The van der Waals surface area contributed by atoms with Crippen LogP contribution in [0.15, 0.2) is 33.6 Å². The molecule has 1 unspecified atom stereocenters. The van der Waals surface area contributed by atoms with Crippen LogP contribution in [0.2, 0.25) is 0 Å². The predicted octanol–water partition coefficient (Wildman–Crippen LogP) is 1.75. The zero-order valence-electron chi connectivity index (χ0n) is 10.9. The fraction of sp³-hybridized carbons (Fsp3) is 0.286. The van der Waals surface area contributed by atoms with Crippen LogP contribution in [0.3, 0.4) is 0 Å². The summed E-state index contributed by atoms with van der Waals surface area (Å²) >= 11 is 0. The Hall–Kier alpha value is -1.59. The summed E-state index contributed by atoms with van der Waals surface area (Å²) in [6.45, 7) is 3.55. The molecule has 4 N–H and O–H groups in total. The van der Waals surface area contributed by atoms with Gasteiger partial charge in [0.25, 0.3) is 0 Å². The molecule has 0 bridgehead atoms. The maximum atomic E-state index is 12.7. The van der Waals surface area contributed by atoms with Crippen molar-refractivity contribution in [1.82, 2.24) is 0 Å². The molecule has 0 fully saturated rings. The van der Waals surface area contributed by atoms with Crippen molar-refractivity contribution in [2.45, 2.75) is 31.2 Å². The van der Waals surface area contributed by atoms with Gasteiger partial charge in [0.1, 0.15) is 0 Å². The van der Waals surface area contributed by atoms with E-state index in [1.165, 1.54) is 0 Å². The van der Waals surface area contributed by atoms with Crippen LogP contribution in [-0.2, 0) is 9.84 Å². The Bertz CT molecular complexity index is 758. The smallest absolute Gasteiger partial charge is 0.208 e. The van der Waals surface area contributed by atoms with Gasteiger partial charge in [0.05, 0.1) is 9.80 Å². The van der Waals surface area contributed by atoms with Gasteiger partial charge in [0, 0.05) is 17.3 Å². The zero-order valence-corrected chi connectivity index (χ0v) is 11.7. The first-order valence-corrected chi connectivity index (χ1v) is 7.65. The van der Waals surface area contributed by atoms with Crippen LogP contribution >= 0.6 is 0 Å². The molecule has 1 aliphatic carbocycles. The molecule has 0 aromatic heterocycles. The van der Waals surface area contributed by atoms with E-state index in [9.17, 15) is 8.42 Å². The van der Waals surface area contributed by atoms with E-state index in [0.717, 1.165) is 16.7 Å². The van der Waals surface area contributed by atoms with E-state index in [-0.39, 0.29) is 6.04 Å². The molecule has 1 aromatic carbocycles. The topological polar surface area (TPSA) is 86.2 Å². The zero-order chi connectivity index (χ0) is 13.9. The Morgan fingerprint density at radius 1 is 1.26 bits per heavy atom. The Morgan fingerprint density at radius 3 is 2.63 bits per heavy atom. The molecule has 3 rings (SSSR count). The lowest BCUT2D eigenvalue weighted by molar-refractivity contribution is 0.603. The van der Waals surface area contributed by atoms with Gasteiger partial charge in [-0.15, -0.1) is 0 Å². The van der Waals surface area contributed by atoms with E-state index >= 15 is 0 Å². The highest BCUT2D eigenvalue weighted by Gasteiger charge is 2.41. The van der Waals surface area contributed by atoms with E-state index in [1.54, 1.807) is 26.0 Å². The van der Waals surface area contributed by atoms with Gasteiger partial charge in [-0.05, 0) is 43.0 Å². The van der Waals surface area contributed by atoms with Crippen molar-refractivity contribution >= 4 is 21.1 Å². The average Bonchev–Trinajstić information content (AvgIpc) is 2.58. The molecule has 0 radical (unpaired) electrons. The number of sulfone groups is 1. The van der Waals surface area contributed by atoms with Crippen LogP contribution < -0.4 is 11.5 Å². The fourth-order valence-electron chi connectivity index (χ4n) is 2.85. The maximum absolute atomic E-state index is 12.7. The number of nitrogen functional groups attached to an aromatic ring is 1. The highest BCUT2D eigenvalue weighted by atomic mass is 32.2. The molecule has 1 atom stereocenters. The van der Waals surface area contributed by atoms with Gasteiger partial charge in [-0.3, -0.25) is 0 Å². The normalized spacial score (nSPS) is 23.9. The molecule has 0 spiro atoms.